The Morgan fingerprint density at radius 3 is 1.80 bits per heavy atom. The summed E-state index contributed by atoms with van der Waals surface area (Å²) in [4.78, 5) is 0. The van der Waals surface area contributed by atoms with E-state index < -0.39 is 19.8 Å². The molecule has 1 atom stereocenters. The average molecular weight is 328 g/mol. The Bertz CT molecular complexity index is 360. The fourth-order valence-corrected chi connectivity index (χ4v) is 8.86. The first-order valence-corrected chi connectivity index (χ1v) is 10.8. The maximum atomic E-state index is 13.2. The summed E-state index contributed by atoms with van der Waals surface area (Å²) in [6.07, 6.45) is 0.865. The van der Waals surface area contributed by atoms with E-state index in [1.54, 1.807) is 20.8 Å². The summed E-state index contributed by atoms with van der Waals surface area (Å²) >= 11 is 0. The normalized spacial score (nSPS) is 16.1. The van der Waals surface area contributed by atoms with E-state index in [1.165, 1.54) is 0 Å². The molecule has 0 bridgehead atoms. The number of hydrogen-bond donors (Lipinski definition) is 2. The molecule has 0 aliphatic carbocycles. The van der Waals surface area contributed by atoms with Crippen LogP contribution in [-0.2, 0) is 18.2 Å². The second kappa shape index (κ2) is 8.67. The predicted octanol–water partition coefficient (Wildman–Crippen LogP) is 2.88. The van der Waals surface area contributed by atoms with Crippen molar-refractivity contribution in [1.82, 2.24) is 5.32 Å². The highest BCUT2D eigenvalue weighted by molar-refractivity contribution is 7.79. The van der Waals surface area contributed by atoms with Crippen LogP contribution in [0.15, 0.2) is 0 Å². The third-order valence-electron chi connectivity index (χ3n) is 3.55. The molecule has 0 aromatic heterocycles. The predicted molar refractivity (Wildman–Crippen MR) is 85.0 cm³/mol. The Labute approximate surface area is 123 Å². The van der Waals surface area contributed by atoms with Gasteiger partial charge in [0.15, 0.2) is 5.02 Å². The molecule has 0 rings (SSSR count). The molecule has 0 fully saturated rings. The Kier molecular flexibility index (Phi) is 8.80. The smallest absolute Gasteiger partial charge is 0.329 e. The highest BCUT2D eigenvalue weighted by Crippen LogP contribution is 2.75. The van der Waals surface area contributed by atoms with Gasteiger partial charge < -0.3 is 19.3 Å². The van der Waals surface area contributed by atoms with Gasteiger partial charge in [-0.15, -0.1) is 0 Å². The highest BCUT2D eigenvalue weighted by atomic mass is 31.2. The molecule has 6 nitrogen and oxygen atoms in total. The van der Waals surface area contributed by atoms with Crippen molar-refractivity contribution in [1.29, 1.82) is 0 Å². The van der Waals surface area contributed by atoms with Gasteiger partial charge in [-0.25, -0.2) is 0 Å². The lowest BCUT2D eigenvalue weighted by Crippen LogP contribution is -2.46. The molecule has 122 valence electrons. The van der Waals surface area contributed by atoms with E-state index in [1.807, 2.05) is 13.8 Å². The van der Waals surface area contributed by atoms with Crippen LogP contribution in [0.4, 0.5) is 0 Å². The fraction of sp³-hybridized carbons (Fsp3) is 1.00. The summed E-state index contributed by atoms with van der Waals surface area (Å²) in [7, 11) is -6.35. The number of rotatable bonds is 11. The van der Waals surface area contributed by atoms with Crippen molar-refractivity contribution in [3.63, 3.8) is 0 Å². The minimum atomic E-state index is -3.56. The summed E-state index contributed by atoms with van der Waals surface area (Å²) in [6, 6.07) is 0. The topological polar surface area (TPSA) is 90.7 Å². The van der Waals surface area contributed by atoms with E-state index >= 15 is 0 Å². The Balaban J connectivity index is 5.83. The summed E-state index contributed by atoms with van der Waals surface area (Å²) in [5.74, 6) is 0. The van der Waals surface area contributed by atoms with Crippen LogP contribution in [0.2, 0.25) is 0 Å². The van der Waals surface area contributed by atoms with Crippen molar-refractivity contribution in [2.45, 2.75) is 39.6 Å². The minimum absolute atomic E-state index is 0.241. The largest absolute Gasteiger partial charge is 0.357 e. The first-order chi connectivity index (χ1) is 9.30. The molecule has 0 saturated carbocycles. The van der Waals surface area contributed by atoms with Crippen LogP contribution in [0, 0.1) is 0 Å². The fourth-order valence-electron chi connectivity index (χ4n) is 2.24. The highest BCUT2D eigenvalue weighted by Gasteiger charge is 2.57. The van der Waals surface area contributed by atoms with Gasteiger partial charge in [0.25, 0.3) is 0 Å². The van der Waals surface area contributed by atoms with E-state index in [4.69, 9.17) is 14.8 Å². The SMILES string of the molecule is CCOP(=O)(OCC)C(C)(NCCN)P(=O)(CC)CC. The second-order valence-corrected chi connectivity index (χ2v) is 11.3. The lowest BCUT2D eigenvalue weighted by atomic mass is 10.6. The molecule has 3 N–H and O–H groups in total. The molecule has 20 heavy (non-hydrogen) atoms. The summed E-state index contributed by atoms with van der Waals surface area (Å²) in [5, 5.41) is 1.90. The molecule has 0 aromatic carbocycles. The minimum Gasteiger partial charge on any atom is -0.329 e. The number of nitrogens with one attached hydrogen (secondary N) is 1. The van der Waals surface area contributed by atoms with Crippen LogP contribution in [0.1, 0.15) is 34.6 Å². The van der Waals surface area contributed by atoms with Crippen LogP contribution in [0.25, 0.3) is 0 Å². The molecule has 0 aromatic rings. The first kappa shape index (κ1) is 20.3. The third-order valence-corrected chi connectivity index (χ3v) is 11.6. The zero-order chi connectivity index (χ0) is 15.9. The maximum absolute atomic E-state index is 13.2. The first-order valence-electron chi connectivity index (χ1n) is 7.23. The van der Waals surface area contributed by atoms with Gasteiger partial charge in [-0.3, -0.25) is 9.88 Å². The van der Waals surface area contributed by atoms with Gasteiger partial charge in [-0.1, -0.05) is 13.8 Å². The zero-order valence-corrected chi connectivity index (χ0v) is 15.1. The van der Waals surface area contributed by atoms with E-state index in [0.717, 1.165) is 0 Å². The molecule has 8 heteroatoms. The molecule has 0 aliphatic rings. The van der Waals surface area contributed by atoms with Gasteiger partial charge in [0.1, 0.15) is 7.14 Å². The summed E-state index contributed by atoms with van der Waals surface area (Å²) in [6.45, 7) is 10.1. The molecule has 0 heterocycles. The number of nitrogens with two attached hydrogens (primary N) is 1. The van der Waals surface area contributed by atoms with Gasteiger partial charge in [-0.2, -0.15) is 0 Å². The van der Waals surface area contributed by atoms with Gasteiger partial charge >= 0.3 is 7.60 Å². The quantitative estimate of drug-likeness (QED) is 0.567. The summed E-state index contributed by atoms with van der Waals surface area (Å²) in [5.41, 5.74) is 5.53. The lowest BCUT2D eigenvalue weighted by molar-refractivity contribution is 0.203. The van der Waals surface area contributed by atoms with Crippen molar-refractivity contribution in [3.8, 4) is 0 Å². The monoisotopic (exact) mass is 328 g/mol. The molecule has 0 spiro atoms. The Morgan fingerprint density at radius 2 is 1.50 bits per heavy atom. The van der Waals surface area contributed by atoms with Gasteiger partial charge in [0.2, 0.25) is 0 Å². The molecule has 0 radical (unpaired) electrons. The molecule has 0 amide bonds. The number of hydrogen-bond acceptors (Lipinski definition) is 6. The maximum Gasteiger partial charge on any atom is 0.357 e. The average Bonchev–Trinajstić information content (AvgIpc) is 2.44. The molecule has 0 saturated heterocycles. The van der Waals surface area contributed by atoms with E-state index in [9.17, 15) is 9.13 Å². The van der Waals surface area contributed by atoms with Crippen molar-refractivity contribution in [2.24, 2.45) is 5.73 Å². The van der Waals surface area contributed by atoms with Crippen LogP contribution in [0.5, 0.6) is 0 Å². The van der Waals surface area contributed by atoms with Gasteiger partial charge in [-0.05, 0) is 20.8 Å². The molecule has 0 aliphatic heterocycles. The molecular formula is C12H30N2O4P2. The van der Waals surface area contributed by atoms with Crippen molar-refractivity contribution in [2.75, 3.05) is 38.6 Å². The van der Waals surface area contributed by atoms with E-state index in [-0.39, 0.29) is 13.2 Å². The van der Waals surface area contributed by atoms with Crippen molar-refractivity contribution in [3.05, 3.63) is 0 Å². The molecular weight excluding hydrogens is 298 g/mol. The molecule has 1 unspecified atom stereocenters. The Hall–Kier alpha value is 0.300. The van der Waals surface area contributed by atoms with Crippen molar-refractivity contribution < 1.29 is 18.2 Å². The van der Waals surface area contributed by atoms with Gasteiger partial charge in [0.05, 0.1) is 13.2 Å². The standard InChI is InChI=1S/C12H30N2O4P2/c1-6-17-20(16,18-7-2)12(5,14-11-10-13)19(15,8-3)9-4/h14H,6-11,13H2,1-5H3. The Morgan fingerprint density at radius 1 is 1.05 bits per heavy atom. The zero-order valence-electron chi connectivity index (χ0n) is 13.3. The second-order valence-electron chi connectivity index (χ2n) is 4.59. The van der Waals surface area contributed by atoms with Crippen LogP contribution >= 0.6 is 14.7 Å². The third kappa shape index (κ3) is 3.94. The van der Waals surface area contributed by atoms with Gasteiger partial charge in [0, 0.05) is 25.4 Å². The lowest BCUT2D eigenvalue weighted by Gasteiger charge is -2.41. The van der Waals surface area contributed by atoms with E-state index in [0.29, 0.717) is 25.4 Å². The van der Waals surface area contributed by atoms with Crippen LogP contribution in [0.3, 0.4) is 0 Å². The van der Waals surface area contributed by atoms with Crippen molar-refractivity contribution >= 4 is 14.7 Å². The van der Waals surface area contributed by atoms with E-state index in [2.05, 4.69) is 5.32 Å². The summed E-state index contributed by atoms with van der Waals surface area (Å²) < 4.78 is 37.3. The van der Waals surface area contributed by atoms with Crippen LogP contribution in [-0.4, -0.2) is 43.6 Å². The van der Waals surface area contributed by atoms with Crippen LogP contribution < -0.4 is 11.1 Å².